The standard InChI is InChI=1S/C25H30ClNO3.C4H8O/c1-5-18(4)16-23(22-17-20(26)10-13-24(22)28)25(29)19-8-11-21(12-9-19)30-15-14-27(6-2)7-3;1-2-3-4-5/h5,8-13,16-17,28H,6-7,14-15H2,1-4H3;2-3,5H,4H2,1H3/b18-5+,23-16-;3-2-. The molecule has 5 nitrogen and oxygen atoms in total. The van der Waals surface area contributed by atoms with E-state index in [1.54, 1.807) is 54.6 Å². The Kier molecular flexibility index (Phi) is 14.4. The van der Waals surface area contributed by atoms with Gasteiger partial charge in [0, 0.05) is 28.3 Å². The number of nitrogens with zero attached hydrogens (tertiary/aromatic N) is 1. The van der Waals surface area contributed by atoms with Gasteiger partial charge in [-0.2, -0.15) is 0 Å². The van der Waals surface area contributed by atoms with Crippen molar-refractivity contribution in [2.45, 2.75) is 34.6 Å². The monoisotopic (exact) mass is 499 g/mol. The van der Waals surface area contributed by atoms with Crippen LogP contribution in [0.2, 0.25) is 5.02 Å². The molecule has 0 aliphatic carbocycles. The van der Waals surface area contributed by atoms with Crippen LogP contribution < -0.4 is 4.74 Å². The van der Waals surface area contributed by atoms with Gasteiger partial charge in [0.2, 0.25) is 0 Å². The third kappa shape index (κ3) is 10.5. The zero-order chi connectivity index (χ0) is 26.2. The quantitative estimate of drug-likeness (QED) is 0.159. The number of phenols is 1. The van der Waals surface area contributed by atoms with Crippen LogP contribution in [0.1, 0.15) is 50.5 Å². The van der Waals surface area contributed by atoms with E-state index in [2.05, 4.69) is 18.7 Å². The van der Waals surface area contributed by atoms with E-state index < -0.39 is 0 Å². The molecule has 0 saturated carbocycles. The summed E-state index contributed by atoms with van der Waals surface area (Å²) in [5, 5.41) is 18.8. The van der Waals surface area contributed by atoms with E-state index in [1.165, 1.54) is 6.07 Å². The molecule has 0 heterocycles. The zero-order valence-corrected chi connectivity index (χ0v) is 22.2. The Morgan fingerprint density at radius 3 is 2.26 bits per heavy atom. The first-order valence-electron chi connectivity index (χ1n) is 11.9. The first kappa shape index (κ1) is 30.2. The van der Waals surface area contributed by atoms with Crippen molar-refractivity contribution >= 4 is 23.0 Å². The summed E-state index contributed by atoms with van der Waals surface area (Å²) in [4.78, 5) is 15.5. The van der Waals surface area contributed by atoms with Crippen LogP contribution >= 0.6 is 11.6 Å². The second-order valence-corrected chi connectivity index (χ2v) is 8.17. The number of halogens is 1. The van der Waals surface area contributed by atoms with Gasteiger partial charge in [0.25, 0.3) is 0 Å². The van der Waals surface area contributed by atoms with Gasteiger partial charge in [-0.15, -0.1) is 0 Å². The lowest BCUT2D eigenvalue weighted by atomic mass is 9.94. The number of carbonyl (C=O) groups is 1. The number of ketones is 1. The predicted molar refractivity (Wildman–Crippen MR) is 146 cm³/mol. The molecule has 0 aliphatic heterocycles. The Morgan fingerprint density at radius 2 is 1.74 bits per heavy atom. The molecule has 0 bridgehead atoms. The molecule has 0 saturated heterocycles. The number of hydrogen-bond donors (Lipinski definition) is 2. The first-order valence-corrected chi connectivity index (χ1v) is 12.2. The summed E-state index contributed by atoms with van der Waals surface area (Å²) in [5.41, 5.74) is 2.23. The van der Waals surface area contributed by atoms with Crippen LogP contribution in [0.4, 0.5) is 0 Å². The normalized spacial score (nSPS) is 12.0. The topological polar surface area (TPSA) is 70.0 Å². The van der Waals surface area contributed by atoms with Crippen LogP contribution in [0.3, 0.4) is 0 Å². The maximum atomic E-state index is 13.3. The van der Waals surface area contributed by atoms with E-state index >= 15 is 0 Å². The van der Waals surface area contributed by atoms with Gasteiger partial charge in [-0.05, 0) is 82.4 Å². The van der Waals surface area contributed by atoms with Crippen molar-refractivity contribution in [2.75, 3.05) is 32.8 Å². The molecule has 0 fully saturated rings. The minimum Gasteiger partial charge on any atom is -0.507 e. The summed E-state index contributed by atoms with van der Waals surface area (Å²) in [6.45, 7) is 13.5. The van der Waals surface area contributed by atoms with Crippen molar-refractivity contribution in [2.24, 2.45) is 0 Å². The van der Waals surface area contributed by atoms with E-state index in [0.717, 1.165) is 31.0 Å². The minimum atomic E-state index is -0.191. The summed E-state index contributed by atoms with van der Waals surface area (Å²) in [6, 6.07) is 11.8. The SMILES string of the molecule is C/C=C(C)/C=C(\C(=O)c1ccc(OCCN(CC)CC)cc1)c1cc(Cl)ccc1O.C/C=C\CO. The number of aliphatic hydroxyl groups is 1. The molecule has 6 heteroatoms. The van der Waals surface area contributed by atoms with Gasteiger partial charge in [-0.3, -0.25) is 4.79 Å². The highest BCUT2D eigenvalue weighted by molar-refractivity contribution is 6.33. The Labute approximate surface area is 215 Å². The lowest BCUT2D eigenvalue weighted by molar-refractivity contribution is 0.105. The van der Waals surface area contributed by atoms with E-state index in [9.17, 15) is 9.90 Å². The predicted octanol–water partition coefficient (Wildman–Crippen LogP) is 6.55. The molecule has 0 amide bonds. The van der Waals surface area contributed by atoms with Gasteiger partial charge < -0.3 is 19.8 Å². The maximum Gasteiger partial charge on any atom is 0.193 e. The Bertz CT molecular complexity index is 1010. The average Bonchev–Trinajstić information content (AvgIpc) is 2.87. The highest BCUT2D eigenvalue weighted by atomic mass is 35.5. The van der Waals surface area contributed by atoms with E-state index in [-0.39, 0.29) is 18.1 Å². The molecule has 2 aromatic rings. The average molecular weight is 500 g/mol. The molecule has 0 radical (unpaired) electrons. The van der Waals surface area contributed by atoms with Gasteiger partial charge in [-0.25, -0.2) is 0 Å². The fourth-order valence-corrected chi connectivity index (χ4v) is 3.27. The van der Waals surface area contributed by atoms with Gasteiger partial charge in [0.05, 0.1) is 6.61 Å². The third-order valence-electron chi connectivity index (χ3n) is 5.35. The van der Waals surface area contributed by atoms with Crippen LogP contribution in [-0.4, -0.2) is 53.7 Å². The number of aromatic hydroxyl groups is 1. The van der Waals surface area contributed by atoms with Crippen molar-refractivity contribution in [1.82, 2.24) is 4.90 Å². The van der Waals surface area contributed by atoms with Gasteiger partial charge in [0.15, 0.2) is 5.78 Å². The molecule has 2 aromatic carbocycles. The maximum absolute atomic E-state index is 13.3. The van der Waals surface area contributed by atoms with E-state index in [1.807, 2.05) is 26.8 Å². The van der Waals surface area contributed by atoms with Crippen molar-refractivity contribution < 1.29 is 19.7 Å². The van der Waals surface area contributed by atoms with Crippen molar-refractivity contribution in [3.05, 3.63) is 88.5 Å². The summed E-state index contributed by atoms with van der Waals surface area (Å²) in [5.74, 6) is 0.544. The molecule has 2 rings (SSSR count). The van der Waals surface area contributed by atoms with Crippen molar-refractivity contribution in [1.29, 1.82) is 0 Å². The van der Waals surface area contributed by atoms with Gasteiger partial charge in [-0.1, -0.05) is 49.2 Å². The lowest BCUT2D eigenvalue weighted by Crippen LogP contribution is -2.27. The van der Waals surface area contributed by atoms with E-state index in [4.69, 9.17) is 21.4 Å². The molecule has 0 atom stereocenters. The van der Waals surface area contributed by atoms with Crippen LogP contribution in [0.5, 0.6) is 11.5 Å². The molecule has 0 spiro atoms. The Morgan fingerprint density at radius 1 is 1.09 bits per heavy atom. The smallest absolute Gasteiger partial charge is 0.193 e. The number of ether oxygens (including phenoxy) is 1. The molecule has 35 heavy (non-hydrogen) atoms. The molecule has 0 aromatic heterocycles. The second-order valence-electron chi connectivity index (χ2n) is 7.73. The number of aliphatic hydroxyl groups excluding tert-OH is 1. The molecule has 0 aliphatic rings. The van der Waals surface area contributed by atoms with Crippen LogP contribution in [0.15, 0.2) is 72.3 Å². The van der Waals surface area contributed by atoms with Crippen LogP contribution in [0.25, 0.3) is 5.57 Å². The number of benzene rings is 2. The molecular weight excluding hydrogens is 462 g/mol. The summed E-state index contributed by atoms with van der Waals surface area (Å²) in [6.07, 6.45) is 7.16. The summed E-state index contributed by atoms with van der Waals surface area (Å²) < 4.78 is 5.80. The Balaban J connectivity index is 0.00000111. The third-order valence-corrected chi connectivity index (χ3v) is 5.58. The number of likely N-dealkylation sites (N-methyl/N-ethyl adjacent to an activating group) is 1. The number of hydrogen-bond acceptors (Lipinski definition) is 5. The highest BCUT2D eigenvalue weighted by Gasteiger charge is 2.18. The summed E-state index contributed by atoms with van der Waals surface area (Å²) >= 11 is 6.11. The number of phenolic OH excluding ortho intramolecular Hbond substituents is 1. The molecule has 190 valence electrons. The molecular formula is C29H38ClNO4. The largest absolute Gasteiger partial charge is 0.507 e. The lowest BCUT2D eigenvalue weighted by Gasteiger charge is -2.18. The van der Waals surface area contributed by atoms with Crippen molar-refractivity contribution in [3.63, 3.8) is 0 Å². The number of allylic oxidation sites excluding steroid dienone is 5. The minimum absolute atomic E-state index is 0.0132. The van der Waals surface area contributed by atoms with Crippen molar-refractivity contribution in [3.8, 4) is 11.5 Å². The number of carbonyl (C=O) groups excluding carboxylic acids is 1. The molecule has 0 unspecified atom stereocenters. The second kappa shape index (κ2) is 16.7. The number of rotatable bonds is 11. The van der Waals surface area contributed by atoms with Gasteiger partial charge in [0.1, 0.15) is 18.1 Å². The first-order chi connectivity index (χ1) is 16.8. The molecule has 2 N–H and O–H groups in total. The Hall–Kier alpha value is -2.86. The number of Topliss-reactive ketones (excluding diaryl/α,β-unsaturated/α-hetero) is 1. The zero-order valence-electron chi connectivity index (χ0n) is 21.4. The fourth-order valence-electron chi connectivity index (χ4n) is 3.10. The van der Waals surface area contributed by atoms with Gasteiger partial charge >= 0.3 is 0 Å². The van der Waals surface area contributed by atoms with E-state index in [0.29, 0.717) is 28.3 Å². The van der Waals surface area contributed by atoms with Crippen LogP contribution in [-0.2, 0) is 0 Å². The van der Waals surface area contributed by atoms with Crippen LogP contribution in [0, 0.1) is 0 Å². The fraction of sp³-hybridized carbons (Fsp3) is 0.345. The highest BCUT2D eigenvalue weighted by Crippen LogP contribution is 2.31. The summed E-state index contributed by atoms with van der Waals surface area (Å²) in [7, 11) is 0.